The summed E-state index contributed by atoms with van der Waals surface area (Å²) in [5.74, 6) is 0. The maximum Gasteiger partial charge on any atom is 0.410 e. The number of amides is 1. The van der Waals surface area contributed by atoms with Crippen LogP contribution in [0.15, 0.2) is 30.3 Å². The number of rotatable bonds is 2. The molecular weight excluding hydrogens is 266 g/mol. The van der Waals surface area contributed by atoms with Crippen LogP contribution in [0, 0.1) is 0 Å². The number of hydrogen-bond donors (Lipinski definition) is 1. The lowest BCUT2D eigenvalue weighted by atomic mass is 9.80. The molecule has 21 heavy (non-hydrogen) atoms. The van der Waals surface area contributed by atoms with Gasteiger partial charge in [0.15, 0.2) is 0 Å². The summed E-state index contributed by atoms with van der Waals surface area (Å²) >= 11 is 0. The van der Waals surface area contributed by atoms with Crippen LogP contribution < -0.4 is 0 Å². The van der Waals surface area contributed by atoms with Crippen molar-refractivity contribution in [2.75, 3.05) is 6.54 Å². The molecule has 4 nitrogen and oxygen atoms in total. The summed E-state index contributed by atoms with van der Waals surface area (Å²) < 4.78 is 5.79. The molecule has 1 heterocycles. The van der Waals surface area contributed by atoms with E-state index in [1.165, 1.54) is 0 Å². The van der Waals surface area contributed by atoms with Crippen molar-refractivity contribution in [2.45, 2.75) is 56.8 Å². The van der Waals surface area contributed by atoms with Gasteiger partial charge in [0.05, 0.1) is 12.1 Å². The van der Waals surface area contributed by atoms with Gasteiger partial charge < -0.3 is 14.7 Å². The zero-order chi connectivity index (χ0) is 14.9. The van der Waals surface area contributed by atoms with Gasteiger partial charge >= 0.3 is 6.09 Å². The van der Waals surface area contributed by atoms with Gasteiger partial charge in [0, 0.05) is 13.0 Å². The summed E-state index contributed by atoms with van der Waals surface area (Å²) in [6.45, 7) is 2.77. The standard InChI is InChI=1S/C17H23NO3/c1-13(14-5-3-2-4-6-14)18-12-11-17(21-16(18)20)9-7-15(19)8-10-17/h2-6,13,15,19H,7-12H2,1H3/t13-,15?,17?/m0/s1. The summed E-state index contributed by atoms with van der Waals surface area (Å²) in [7, 11) is 0. The maximum absolute atomic E-state index is 12.4. The molecule has 2 fully saturated rings. The van der Waals surface area contributed by atoms with Crippen LogP contribution in [0.2, 0.25) is 0 Å². The molecule has 1 spiro atoms. The van der Waals surface area contributed by atoms with Crippen molar-refractivity contribution in [3.63, 3.8) is 0 Å². The Morgan fingerprint density at radius 2 is 1.90 bits per heavy atom. The molecule has 1 N–H and O–H groups in total. The molecule has 1 saturated carbocycles. The first-order valence-corrected chi connectivity index (χ1v) is 7.82. The van der Waals surface area contributed by atoms with E-state index in [2.05, 4.69) is 0 Å². The van der Waals surface area contributed by atoms with Crippen molar-refractivity contribution in [3.8, 4) is 0 Å². The highest BCUT2D eigenvalue weighted by Crippen LogP contribution is 2.39. The second-order valence-corrected chi connectivity index (χ2v) is 6.31. The molecule has 1 aliphatic heterocycles. The summed E-state index contributed by atoms with van der Waals surface area (Å²) in [5.41, 5.74) is 0.799. The van der Waals surface area contributed by atoms with Crippen LogP contribution in [0.25, 0.3) is 0 Å². The predicted octanol–water partition coefficient (Wildman–Crippen LogP) is 3.26. The molecule has 0 aromatic heterocycles. The lowest BCUT2D eigenvalue weighted by molar-refractivity contribution is -0.0908. The van der Waals surface area contributed by atoms with Crippen LogP contribution in [0.4, 0.5) is 4.79 Å². The van der Waals surface area contributed by atoms with Gasteiger partial charge in [0.1, 0.15) is 5.60 Å². The van der Waals surface area contributed by atoms with Crippen LogP contribution >= 0.6 is 0 Å². The van der Waals surface area contributed by atoms with Crippen LogP contribution in [0.3, 0.4) is 0 Å². The Kier molecular flexibility index (Phi) is 3.89. The second-order valence-electron chi connectivity index (χ2n) is 6.31. The first-order chi connectivity index (χ1) is 10.1. The summed E-state index contributed by atoms with van der Waals surface area (Å²) in [5, 5.41) is 9.63. The molecule has 114 valence electrons. The van der Waals surface area contributed by atoms with Crippen LogP contribution in [-0.4, -0.2) is 34.3 Å². The van der Waals surface area contributed by atoms with Gasteiger partial charge in [0.2, 0.25) is 0 Å². The summed E-state index contributed by atoms with van der Waals surface area (Å²) in [6, 6.07) is 10.1. The minimum Gasteiger partial charge on any atom is -0.443 e. The zero-order valence-corrected chi connectivity index (χ0v) is 12.5. The van der Waals surface area contributed by atoms with E-state index < -0.39 is 0 Å². The van der Waals surface area contributed by atoms with Crippen molar-refractivity contribution in [1.29, 1.82) is 0 Å². The Bertz CT molecular complexity index is 494. The van der Waals surface area contributed by atoms with Gasteiger partial charge in [-0.3, -0.25) is 0 Å². The van der Waals surface area contributed by atoms with Crippen molar-refractivity contribution in [3.05, 3.63) is 35.9 Å². The summed E-state index contributed by atoms with van der Waals surface area (Å²) in [6.07, 6.45) is 3.47. The van der Waals surface area contributed by atoms with Gasteiger partial charge in [0.25, 0.3) is 0 Å². The zero-order valence-electron chi connectivity index (χ0n) is 12.5. The molecule has 1 aliphatic carbocycles. The number of benzene rings is 1. The highest BCUT2D eigenvalue weighted by Gasteiger charge is 2.44. The fourth-order valence-corrected chi connectivity index (χ4v) is 3.45. The Balaban J connectivity index is 1.68. The first-order valence-electron chi connectivity index (χ1n) is 7.82. The quantitative estimate of drug-likeness (QED) is 0.909. The third-order valence-electron chi connectivity index (χ3n) is 4.96. The van der Waals surface area contributed by atoms with E-state index in [1.807, 2.05) is 42.2 Å². The fourth-order valence-electron chi connectivity index (χ4n) is 3.45. The van der Waals surface area contributed by atoms with E-state index in [1.54, 1.807) is 0 Å². The molecule has 1 saturated heterocycles. The minimum absolute atomic E-state index is 0.0326. The largest absolute Gasteiger partial charge is 0.443 e. The Morgan fingerprint density at radius 3 is 2.52 bits per heavy atom. The van der Waals surface area contributed by atoms with Gasteiger partial charge in [-0.15, -0.1) is 0 Å². The molecule has 4 heteroatoms. The number of aliphatic hydroxyl groups excluding tert-OH is 1. The number of hydrogen-bond acceptors (Lipinski definition) is 3. The molecule has 2 aliphatic rings. The molecule has 1 aromatic carbocycles. The van der Waals surface area contributed by atoms with Crippen LogP contribution in [-0.2, 0) is 4.74 Å². The van der Waals surface area contributed by atoms with E-state index >= 15 is 0 Å². The number of ether oxygens (including phenoxy) is 1. The average Bonchev–Trinajstić information content (AvgIpc) is 2.51. The van der Waals surface area contributed by atoms with Gasteiger partial charge in [-0.25, -0.2) is 4.79 Å². The molecule has 0 unspecified atom stereocenters. The van der Waals surface area contributed by atoms with E-state index in [0.29, 0.717) is 0 Å². The van der Waals surface area contributed by atoms with E-state index in [-0.39, 0.29) is 23.8 Å². The van der Waals surface area contributed by atoms with Crippen molar-refractivity contribution in [1.82, 2.24) is 4.90 Å². The lowest BCUT2D eigenvalue weighted by Gasteiger charge is -2.45. The first kappa shape index (κ1) is 14.4. The lowest BCUT2D eigenvalue weighted by Crippen LogP contribution is -2.52. The van der Waals surface area contributed by atoms with E-state index in [9.17, 15) is 9.90 Å². The van der Waals surface area contributed by atoms with E-state index in [0.717, 1.165) is 44.2 Å². The van der Waals surface area contributed by atoms with Crippen LogP contribution in [0.1, 0.15) is 50.6 Å². The Labute approximate surface area is 125 Å². The average molecular weight is 289 g/mol. The van der Waals surface area contributed by atoms with Crippen molar-refractivity contribution < 1.29 is 14.6 Å². The number of aliphatic hydroxyl groups is 1. The molecule has 1 atom stereocenters. The highest BCUT2D eigenvalue weighted by atomic mass is 16.6. The molecular formula is C17H23NO3. The van der Waals surface area contributed by atoms with Gasteiger partial charge in [-0.2, -0.15) is 0 Å². The van der Waals surface area contributed by atoms with Crippen molar-refractivity contribution in [2.24, 2.45) is 0 Å². The third-order valence-corrected chi connectivity index (χ3v) is 4.96. The SMILES string of the molecule is C[C@@H](c1ccccc1)N1CCC2(CCC(O)CC2)OC1=O. The van der Waals surface area contributed by atoms with Crippen LogP contribution in [0.5, 0.6) is 0 Å². The maximum atomic E-state index is 12.4. The molecule has 3 rings (SSSR count). The third kappa shape index (κ3) is 2.91. The molecule has 1 aromatic rings. The van der Waals surface area contributed by atoms with E-state index in [4.69, 9.17) is 4.74 Å². The molecule has 0 bridgehead atoms. The smallest absolute Gasteiger partial charge is 0.410 e. The predicted molar refractivity (Wildman–Crippen MR) is 79.9 cm³/mol. The molecule has 0 radical (unpaired) electrons. The Hall–Kier alpha value is -1.55. The summed E-state index contributed by atoms with van der Waals surface area (Å²) in [4.78, 5) is 14.2. The second kappa shape index (κ2) is 5.68. The topological polar surface area (TPSA) is 49.8 Å². The Morgan fingerprint density at radius 1 is 1.24 bits per heavy atom. The highest BCUT2D eigenvalue weighted by molar-refractivity contribution is 5.69. The molecule has 1 amide bonds. The number of carbonyl (C=O) groups is 1. The normalized spacial score (nSPS) is 31.0. The monoisotopic (exact) mass is 289 g/mol. The minimum atomic E-state index is -0.330. The van der Waals surface area contributed by atoms with Crippen molar-refractivity contribution >= 4 is 6.09 Å². The van der Waals surface area contributed by atoms with Gasteiger partial charge in [-0.05, 0) is 38.2 Å². The fraction of sp³-hybridized carbons (Fsp3) is 0.588. The van der Waals surface area contributed by atoms with Gasteiger partial charge in [-0.1, -0.05) is 30.3 Å². The number of carbonyl (C=O) groups excluding carboxylic acids is 1. The number of nitrogens with zero attached hydrogens (tertiary/aromatic N) is 1.